The van der Waals surface area contributed by atoms with Gasteiger partial charge in [-0.15, -0.1) is 0 Å². The Kier molecular flexibility index (Phi) is 6.33. The Labute approximate surface area is 201 Å². The lowest BCUT2D eigenvalue weighted by molar-refractivity contribution is -0.127. The summed E-state index contributed by atoms with van der Waals surface area (Å²) >= 11 is 1.42. The molecule has 2 aromatic carbocycles. The van der Waals surface area contributed by atoms with Crippen LogP contribution in [0, 0.1) is 6.92 Å². The number of piperazine rings is 1. The van der Waals surface area contributed by atoms with Gasteiger partial charge < -0.3 is 4.90 Å². The zero-order chi connectivity index (χ0) is 23.5. The lowest BCUT2D eigenvalue weighted by atomic mass is 10.1. The smallest absolute Gasteiger partial charge is 0.275 e. The van der Waals surface area contributed by atoms with Gasteiger partial charge in [0.15, 0.2) is 0 Å². The number of fused-ring (bicyclic) bond motifs is 1. The lowest BCUT2D eigenvalue weighted by Crippen LogP contribution is -2.48. The lowest BCUT2D eigenvalue weighted by Gasteiger charge is -2.34. The maximum atomic E-state index is 12.7. The van der Waals surface area contributed by atoms with Crippen LogP contribution in [0.25, 0.3) is 21.6 Å². The predicted octanol–water partition coefficient (Wildman–Crippen LogP) is 3.48. The van der Waals surface area contributed by atoms with Crippen LogP contribution in [0.3, 0.4) is 0 Å². The molecule has 0 unspecified atom stereocenters. The van der Waals surface area contributed by atoms with E-state index in [2.05, 4.69) is 10.00 Å². The van der Waals surface area contributed by atoms with E-state index in [4.69, 9.17) is 4.98 Å². The summed E-state index contributed by atoms with van der Waals surface area (Å²) in [5.74, 6) is 0.0229. The van der Waals surface area contributed by atoms with Crippen LogP contribution in [0.15, 0.2) is 71.5 Å². The second kappa shape index (κ2) is 9.70. The van der Waals surface area contributed by atoms with Crippen LogP contribution >= 0.6 is 11.3 Å². The molecule has 3 heterocycles. The standard InChI is InChI=1S/C26H25N5O2S/c1-19-7-5-6-10-22(19)25-28-31-24(33)17-21(27-26(31)34-25)18-29-13-15-30(16-14-29)23(32)12-11-20-8-3-2-4-9-20/h2-12,17H,13-16,18H2,1H3/b12-11+. The third-order valence-corrected chi connectivity index (χ3v) is 6.90. The van der Waals surface area contributed by atoms with Crippen LogP contribution in [0.2, 0.25) is 0 Å². The third-order valence-electron chi connectivity index (χ3n) is 5.96. The summed E-state index contributed by atoms with van der Waals surface area (Å²) in [5, 5.41) is 5.28. The number of carbonyl (C=O) groups excluding carboxylic acids is 1. The molecule has 0 bridgehead atoms. The molecule has 1 aliphatic heterocycles. The van der Waals surface area contributed by atoms with Gasteiger partial charge in [-0.2, -0.15) is 9.61 Å². The highest BCUT2D eigenvalue weighted by Gasteiger charge is 2.21. The van der Waals surface area contributed by atoms with Crippen LogP contribution in [-0.4, -0.2) is 56.5 Å². The maximum absolute atomic E-state index is 12.7. The van der Waals surface area contributed by atoms with E-state index in [1.165, 1.54) is 15.9 Å². The number of aromatic nitrogens is 3. The number of aryl methyl sites for hydroxylation is 1. The van der Waals surface area contributed by atoms with E-state index in [1.807, 2.05) is 72.5 Å². The molecule has 34 heavy (non-hydrogen) atoms. The first-order valence-electron chi connectivity index (χ1n) is 11.3. The number of nitrogens with zero attached hydrogens (tertiary/aromatic N) is 5. The molecular formula is C26H25N5O2S. The largest absolute Gasteiger partial charge is 0.337 e. The highest BCUT2D eigenvalue weighted by atomic mass is 32.1. The minimum atomic E-state index is -0.170. The number of rotatable bonds is 5. The Balaban J connectivity index is 1.24. The molecule has 5 rings (SSSR count). The van der Waals surface area contributed by atoms with Crippen LogP contribution in [0.4, 0.5) is 0 Å². The molecule has 0 aliphatic carbocycles. The van der Waals surface area contributed by atoms with Crippen molar-refractivity contribution >= 4 is 28.3 Å². The number of carbonyl (C=O) groups is 1. The van der Waals surface area contributed by atoms with Crippen molar-refractivity contribution in [3.63, 3.8) is 0 Å². The minimum Gasteiger partial charge on any atom is -0.337 e. The Hall–Kier alpha value is -3.62. The zero-order valence-corrected chi connectivity index (χ0v) is 19.7. The van der Waals surface area contributed by atoms with E-state index >= 15 is 0 Å². The van der Waals surface area contributed by atoms with Crippen molar-refractivity contribution in [3.8, 4) is 10.6 Å². The fourth-order valence-electron chi connectivity index (χ4n) is 4.05. The number of hydrogen-bond acceptors (Lipinski definition) is 6. The maximum Gasteiger partial charge on any atom is 0.275 e. The molecular weight excluding hydrogens is 446 g/mol. The predicted molar refractivity (Wildman–Crippen MR) is 135 cm³/mol. The quantitative estimate of drug-likeness (QED) is 0.417. The van der Waals surface area contributed by atoms with Gasteiger partial charge in [-0.1, -0.05) is 65.9 Å². The second-order valence-corrected chi connectivity index (χ2v) is 9.30. The Morgan fingerprint density at radius 2 is 1.76 bits per heavy atom. The van der Waals surface area contributed by atoms with E-state index < -0.39 is 0 Å². The van der Waals surface area contributed by atoms with Crippen molar-refractivity contribution in [2.24, 2.45) is 0 Å². The normalized spacial score (nSPS) is 14.8. The minimum absolute atomic E-state index is 0.0229. The summed E-state index contributed by atoms with van der Waals surface area (Å²) in [4.78, 5) is 34.6. The molecule has 0 atom stereocenters. The van der Waals surface area contributed by atoms with Gasteiger partial charge >= 0.3 is 0 Å². The van der Waals surface area contributed by atoms with Gasteiger partial charge in [0.1, 0.15) is 5.01 Å². The van der Waals surface area contributed by atoms with Crippen molar-refractivity contribution in [2.75, 3.05) is 26.2 Å². The summed E-state index contributed by atoms with van der Waals surface area (Å²) < 4.78 is 1.38. The average Bonchev–Trinajstić information content (AvgIpc) is 3.28. The zero-order valence-electron chi connectivity index (χ0n) is 18.9. The highest BCUT2D eigenvalue weighted by Crippen LogP contribution is 2.27. The van der Waals surface area contributed by atoms with Crippen molar-refractivity contribution < 1.29 is 4.79 Å². The van der Waals surface area contributed by atoms with E-state index in [1.54, 1.807) is 12.1 Å². The van der Waals surface area contributed by atoms with Crippen LogP contribution in [0.1, 0.15) is 16.8 Å². The van der Waals surface area contributed by atoms with Gasteiger partial charge in [0, 0.05) is 50.4 Å². The average molecular weight is 472 g/mol. The molecule has 1 amide bonds. The first-order valence-corrected chi connectivity index (χ1v) is 12.1. The van der Waals surface area contributed by atoms with Crippen molar-refractivity contribution in [1.82, 2.24) is 24.4 Å². The molecule has 7 nitrogen and oxygen atoms in total. The molecule has 0 saturated carbocycles. The molecule has 8 heteroatoms. The molecule has 0 spiro atoms. The van der Waals surface area contributed by atoms with Gasteiger partial charge in [-0.25, -0.2) is 4.98 Å². The molecule has 1 saturated heterocycles. The molecule has 0 N–H and O–H groups in total. The van der Waals surface area contributed by atoms with Gasteiger partial charge in [0.05, 0.1) is 5.69 Å². The third kappa shape index (κ3) is 4.83. The van der Waals surface area contributed by atoms with Crippen molar-refractivity contribution in [1.29, 1.82) is 0 Å². The molecule has 1 aliphatic rings. The summed E-state index contributed by atoms with van der Waals surface area (Å²) in [6.07, 6.45) is 3.48. The molecule has 2 aromatic heterocycles. The fraction of sp³-hybridized carbons (Fsp3) is 0.231. The summed E-state index contributed by atoms with van der Waals surface area (Å²) in [6.45, 7) is 5.39. The van der Waals surface area contributed by atoms with E-state index in [9.17, 15) is 9.59 Å². The number of benzene rings is 2. The fourth-order valence-corrected chi connectivity index (χ4v) is 5.07. The van der Waals surface area contributed by atoms with Crippen LogP contribution in [0.5, 0.6) is 0 Å². The first-order chi connectivity index (χ1) is 16.6. The number of hydrogen-bond donors (Lipinski definition) is 0. The second-order valence-electron chi connectivity index (χ2n) is 8.35. The molecule has 4 aromatic rings. The topological polar surface area (TPSA) is 70.8 Å². The summed E-state index contributed by atoms with van der Waals surface area (Å²) in [5.41, 5.74) is 3.70. The van der Waals surface area contributed by atoms with E-state index in [-0.39, 0.29) is 11.5 Å². The van der Waals surface area contributed by atoms with Gasteiger partial charge in [-0.3, -0.25) is 14.5 Å². The van der Waals surface area contributed by atoms with Gasteiger partial charge in [0.2, 0.25) is 10.9 Å². The van der Waals surface area contributed by atoms with E-state index in [0.29, 0.717) is 24.6 Å². The Bertz CT molecular complexity index is 1400. The monoisotopic (exact) mass is 471 g/mol. The summed E-state index contributed by atoms with van der Waals surface area (Å²) in [6, 6.07) is 19.4. The summed E-state index contributed by atoms with van der Waals surface area (Å²) in [7, 11) is 0. The molecule has 1 fully saturated rings. The van der Waals surface area contributed by atoms with Crippen LogP contribution < -0.4 is 5.56 Å². The highest BCUT2D eigenvalue weighted by molar-refractivity contribution is 7.19. The Morgan fingerprint density at radius 3 is 2.53 bits per heavy atom. The van der Waals surface area contributed by atoms with E-state index in [0.717, 1.165) is 40.5 Å². The number of amides is 1. The van der Waals surface area contributed by atoms with Crippen molar-refractivity contribution in [2.45, 2.75) is 13.5 Å². The SMILES string of the molecule is Cc1ccccc1-c1nn2c(=O)cc(CN3CCN(C(=O)/C=C/c4ccccc4)CC3)nc2s1. The first kappa shape index (κ1) is 22.2. The molecule has 0 radical (unpaired) electrons. The Morgan fingerprint density at radius 1 is 1.03 bits per heavy atom. The van der Waals surface area contributed by atoms with Crippen molar-refractivity contribution in [3.05, 3.63) is 93.9 Å². The van der Waals surface area contributed by atoms with Gasteiger partial charge in [-0.05, 0) is 24.1 Å². The van der Waals surface area contributed by atoms with Gasteiger partial charge in [0.25, 0.3) is 5.56 Å². The van der Waals surface area contributed by atoms with Crippen LogP contribution in [-0.2, 0) is 11.3 Å². The molecule has 172 valence electrons.